The smallest absolute Gasteiger partial charge is 0.325 e. The van der Waals surface area contributed by atoms with Gasteiger partial charge in [0.15, 0.2) is 11.0 Å². The molecule has 0 atom stereocenters. The number of amides is 1. The third-order valence-electron chi connectivity index (χ3n) is 2.93. The Hall–Kier alpha value is -2.06. The maximum absolute atomic E-state index is 11.7. The minimum Gasteiger partial charge on any atom is -0.468 e. The Labute approximate surface area is 142 Å². The predicted molar refractivity (Wildman–Crippen MR) is 87.2 cm³/mol. The van der Waals surface area contributed by atoms with Crippen molar-refractivity contribution in [3.8, 4) is 11.4 Å². The molecule has 0 saturated carbocycles. The van der Waals surface area contributed by atoms with Gasteiger partial charge in [-0.25, -0.2) is 0 Å². The van der Waals surface area contributed by atoms with Crippen molar-refractivity contribution in [1.29, 1.82) is 0 Å². The van der Waals surface area contributed by atoms with Gasteiger partial charge in [0.1, 0.15) is 6.54 Å². The average molecular weight is 355 g/mol. The Kier molecular flexibility index (Phi) is 6.00. The zero-order valence-electron chi connectivity index (χ0n) is 12.6. The van der Waals surface area contributed by atoms with Crippen LogP contribution in [0.3, 0.4) is 0 Å². The van der Waals surface area contributed by atoms with Crippen LogP contribution in [0.15, 0.2) is 29.4 Å². The van der Waals surface area contributed by atoms with E-state index in [0.717, 1.165) is 5.56 Å². The largest absolute Gasteiger partial charge is 0.468 e. The molecule has 122 valence electrons. The highest BCUT2D eigenvalue weighted by Gasteiger charge is 2.13. The first-order valence-electron chi connectivity index (χ1n) is 6.63. The van der Waals surface area contributed by atoms with Crippen molar-refractivity contribution in [3.63, 3.8) is 0 Å². The Morgan fingerprint density at radius 1 is 1.30 bits per heavy atom. The third-order valence-corrected chi connectivity index (χ3v) is 4.20. The second-order valence-corrected chi connectivity index (χ2v) is 5.89. The molecule has 2 aromatic rings. The molecular formula is C14H15ClN4O3S. The number of benzene rings is 1. The first kappa shape index (κ1) is 17.3. The molecule has 0 spiro atoms. The van der Waals surface area contributed by atoms with Crippen molar-refractivity contribution >= 4 is 35.2 Å². The zero-order chi connectivity index (χ0) is 16.8. The fourth-order valence-corrected chi connectivity index (χ4v) is 2.58. The van der Waals surface area contributed by atoms with Gasteiger partial charge >= 0.3 is 5.97 Å². The summed E-state index contributed by atoms with van der Waals surface area (Å²) >= 11 is 7.10. The number of carbonyl (C=O) groups is 2. The van der Waals surface area contributed by atoms with E-state index in [-0.39, 0.29) is 18.2 Å². The van der Waals surface area contributed by atoms with E-state index in [4.69, 9.17) is 11.6 Å². The third kappa shape index (κ3) is 4.70. The Morgan fingerprint density at radius 3 is 2.65 bits per heavy atom. The number of methoxy groups -OCH3 is 1. The van der Waals surface area contributed by atoms with Gasteiger partial charge in [0, 0.05) is 17.6 Å². The Balaban J connectivity index is 1.96. The summed E-state index contributed by atoms with van der Waals surface area (Å²) in [4.78, 5) is 22.6. The number of thioether (sulfide) groups is 1. The highest BCUT2D eigenvalue weighted by atomic mass is 35.5. The van der Waals surface area contributed by atoms with Crippen LogP contribution in [0.1, 0.15) is 0 Å². The van der Waals surface area contributed by atoms with Gasteiger partial charge in [-0.3, -0.25) is 9.59 Å². The van der Waals surface area contributed by atoms with Crippen LogP contribution in [0.5, 0.6) is 0 Å². The number of carbonyl (C=O) groups excluding carboxylic acids is 2. The molecule has 23 heavy (non-hydrogen) atoms. The van der Waals surface area contributed by atoms with Gasteiger partial charge < -0.3 is 14.6 Å². The molecular weight excluding hydrogens is 340 g/mol. The van der Waals surface area contributed by atoms with Crippen molar-refractivity contribution in [2.24, 2.45) is 7.05 Å². The fraction of sp³-hybridized carbons (Fsp3) is 0.286. The van der Waals surface area contributed by atoms with E-state index in [1.807, 2.05) is 19.2 Å². The molecule has 0 unspecified atom stereocenters. The number of aromatic nitrogens is 3. The summed E-state index contributed by atoms with van der Waals surface area (Å²) in [6, 6.07) is 7.25. The number of nitrogens with zero attached hydrogens (tertiary/aromatic N) is 3. The zero-order valence-corrected chi connectivity index (χ0v) is 14.1. The van der Waals surface area contributed by atoms with E-state index in [9.17, 15) is 9.59 Å². The monoisotopic (exact) mass is 354 g/mol. The van der Waals surface area contributed by atoms with E-state index in [0.29, 0.717) is 16.0 Å². The normalized spacial score (nSPS) is 10.4. The van der Waals surface area contributed by atoms with Crippen LogP contribution in [-0.2, 0) is 21.4 Å². The molecule has 9 heteroatoms. The topological polar surface area (TPSA) is 86.1 Å². The highest BCUT2D eigenvalue weighted by Crippen LogP contribution is 2.23. The van der Waals surface area contributed by atoms with Crippen LogP contribution in [0.4, 0.5) is 0 Å². The van der Waals surface area contributed by atoms with Gasteiger partial charge in [-0.05, 0) is 24.3 Å². The quantitative estimate of drug-likeness (QED) is 0.625. The number of hydrogen-bond acceptors (Lipinski definition) is 6. The molecule has 1 amide bonds. The second kappa shape index (κ2) is 7.98. The second-order valence-electron chi connectivity index (χ2n) is 4.51. The van der Waals surface area contributed by atoms with Gasteiger partial charge in [-0.15, -0.1) is 10.2 Å². The molecule has 0 aliphatic heterocycles. The molecule has 0 saturated heterocycles. The molecule has 0 fully saturated rings. The van der Waals surface area contributed by atoms with Crippen LogP contribution in [-0.4, -0.2) is 46.0 Å². The van der Waals surface area contributed by atoms with Crippen molar-refractivity contribution in [2.45, 2.75) is 5.16 Å². The van der Waals surface area contributed by atoms with Gasteiger partial charge in [0.2, 0.25) is 5.91 Å². The molecule has 0 aliphatic carbocycles. The van der Waals surface area contributed by atoms with Crippen molar-refractivity contribution in [2.75, 3.05) is 19.4 Å². The fourth-order valence-electron chi connectivity index (χ4n) is 1.71. The predicted octanol–water partition coefficient (Wildman–Crippen LogP) is 1.52. The van der Waals surface area contributed by atoms with Crippen LogP contribution < -0.4 is 5.32 Å². The summed E-state index contributed by atoms with van der Waals surface area (Å²) in [5, 5.41) is 11.9. The maximum atomic E-state index is 11.7. The summed E-state index contributed by atoms with van der Waals surface area (Å²) in [5.74, 6) is 0.0338. The first-order chi connectivity index (χ1) is 11.0. The minimum atomic E-state index is -0.493. The van der Waals surface area contributed by atoms with Crippen LogP contribution >= 0.6 is 23.4 Å². The maximum Gasteiger partial charge on any atom is 0.325 e. The number of halogens is 1. The standard InChI is InChI=1S/C14H15ClN4O3S/c1-19-13(9-3-5-10(15)6-4-9)17-18-14(19)23-8-11(20)16-7-12(21)22-2/h3-6H,7-8H2,1-2H3,(H,16,20). The number of rotatable bonds is 6. The molecule has 0 bridgehead atoms. The molecule has 7 nitrogen and oxygen atoms in total. The number of hydrogen-bond donors (Lipinski definition) is 1. The Morgan fingerprint density at radius 2 is 2.00 bits per heavy atom. The number of nitrogens with one attached hydrogen (secondary N) is 1. The molecule has 1 aromatic carbocycles. The lowest BCUT2D eigenvalue weighted by atomic mass is 10.2. The number of ether oxygens (including phenoxy) is 1. The molecule has 1 aromatic heterocycles. The molecule has 2 rings (SSSR count). The van der Waals surface area contributed by atoms with Gasteiger partial charge in [0.25, 0.3) is 0 Å². The lowest BCUT2D eigenvalue weighted by Crippen LogP contribution is -2.31. The van der Waals surface area contributed by atoms with Crippen molar-refractivity contribution in [3.05, 3.63) is 29.3 Å². The van der Waals surface area contributed by atoms with Gasteiger partial charge in [0.05, 0.1) is 12.9 Å². The lowest BCUT2D eigenvalue weighted by molar-refractivity contribution is -0.140. The SMILES string of the molecule is COC(=O)CNC(=O)CSc1nnc(-c2ccc(Cl)cc2)n1C. The Bertz CT molecular complexity index is 703. The van der Waals surface area contributed by atoms with E-state index in [1.54, 1.807) is 16.7 Å². The number of esters is 1. The highest BCUT2D eigenvalue weighted by molar-refractivity contribution is 7.99. The van der Waals surface area contributed by atoms with Crippen LogP contribution in [0.2, 0.25) is 5.02 Å². The summed E-state index contributed by atoms with van der Waals surface area (Å²) < 4.78 is 6.24. The molecule has 0 aliphatic rings. The lowest BCUT2D eigenvalue weighted by Gasteiger charge is -2.05. The van der Waals surface area contributed by atoms with E-state index < -0.39 is 5.97 Å². The minimum absolute atomic E-state index is 0.129. The van der Waals surface area contributed by atoms with E-state index in [1.165, 1.54) is 18.9 Å². The van der Waals surface area contributed by atoms with E-state index >= 15 is 0 Å². The summed E-state index contributed by atoms with van der Waals surface area (Å²) in [7, 11) is 3.08. The summed E-state index contributed by atoms with van der Waals surface area (Å²) in [5.41, 5.74) is 0.881. The van der Waals surface area contributed by atoms with Gasteiger partial charge in [-0.2, -0.15) is 0 Å². The van der Waals surface area contributed by atoms with Crippen molar-refractivity contribution in [1.82, 2.24) is 20.1 Å². The van der Waals surface area contributed by atoms with Crippen LogP contribution in [0.25, 0.3) is 11.4 Å². The van der Waals surface area contributed by atoms with Crippen molar-refractivity contribution < 1.29 is 14.3 Å². The van der Waals surface area contributed by atoms with E-state index in [2.05, 4.69) is 20.3 Å². The van der Waals surface area contributed by atoms with Crippen LogP contribution in [0, 0.1) is 0 Å². The molecule has 1 heterocycles. The first-order valence-corrected chi connectivity index (χ1v) is 7.99. The summed E-state index contributed by atoms with van der Waals surface area (Å²) in [6.07, 6.45) is 0. The summed E-state index contributed by atoms with van der Waals surface area (Å²) in [6.45, 7) is -0.148. The average Bonchev–Trinajstić information content (AvgIpc) is 2.92. The molecule has 1 N–H and O–H groups in total. The molecule has 0 radical (unpaired) electrons. The van der Waals surface area contributed by atoms with Gasteiger partial charge in [-0.1, -0.05) is 23.4 Å².